The number of halogens is 1. The Morgan fingerprint density at radius 3 is 3.00 bits per heavy atom. The maximum atomic E-state index is 13.3. The van der Waals surface area contributed by atoms with Gasteiger partial charge >= 0.3 is 0 Å². The van der Waals surface area contributed by atoms with Gasteiger partial charge in [-0.05, 0) is 12.1 Å². The highest BCUT2D eigenvalue weighted by Gasteiger charge is 2.16. The van der Waals surface area contributed by atoms with E-state index in [0.717, 1.165) is 6.07 Å². The molecule has 2 rings (SSSR count). The number of carbonyl (C=O) groups excluding carboxylic acids is 1. The van der Waals surface area contributed by atoms with Crippen LogP contribution in [0.3, 0.4) is 0 Å². The Kier molecular flexibility index (Phi) is 2.95. The van der Waals surface area contributed by atoms with E-state index in [-0.39, 0.29) is 12.4 Å². The highest BCUT2D eigenvalue weighted by atomic mass is 19.1. The van der Waals surface area contributed by atoms with Crippen molar-refractivity contribution < 1.29 is 14.3 Å². The monoisotopic (exact) mass is 237 g/mol. The zero-order valence-electron chi connectivity index (χ0n) is 8.51. The summed E-state index contributed by atoms with van der Waals surface area (Å²) >= 11 is 0. The first-order chi connectivity index (χ1) is 8.18. The second-order valence-electron chi connectivity index (χ2n) is 3.14. The fourth-order valence-electron chi connectivity index (χ4n) is 1.24. The van der Waals surface area contributed by atoms with Gasteiger partial charge in [0.05, 0.1) is 6.54 Å². The van der Waals surface area contributed by atoms with Crippen molar-refractivity contribution in [3.63, 3.8) is 0 Å². The SMILES string of the molecule is O=C(NCc1nn[nH]n1)c1c(O)cccc1F. The summed E-state index contributed by atoms with van der Waals surface area (Å²) in [6, 6.07) is 3.62. The molecule has 2 aromatic rings. The maximum absolute atomic E-state index is 13.3. The number of H-pyrrole nitrogens is 1. The van der Waals surface area contributed by atoms with Gasteiger partial charge in [-0.1, -0.05) is 11.3 Å². The number of nitrogens with one attached hydrogen (secondary N) is 2. The lowest BCUT2D eigenvalue weighted by Crippen LogP contribution is -2.24. The van der Waals surface area contributed by atoms with E-state index >= 15 is 0 Å². The topological polar surface area (TPSA) is 104 Å². The van der Waals surface area contributed by atoms with Crippen LogP contribution < -0.4 is 5.32 Å². The molecule has 0 bridgehead atoms. The lowest BCUT2D eigenvalue weighted by Gasteiger charge is -2.05. The highest BCUT2D eigenvalue weighted by Crippen LogP contribution is 2.19. The lowest BCUT2D eigenvalue weighted by atomic mass is 10.1. The molecule has 8 heteroatoms. The van der Waals surface area contributed by atoms with E-state index in [1.807, 2.05) is 0 Å². The number of aromatic amines is 1. The number of hydrogen-bond donors (Lipinski definition) is 3. The quantitative estimate of drug-likeness (QED) is 0.695. The van der Waals surface area contributed by atoms with E-state index in [4.69, 9.17) is 0 Å². The molecule has 7 nitrogen and oxygen atoms in total. The summed E-state index contributed by atoms with van der Waals surface area (Å²) in [6.45, 7) is -0.0108. The van der Waals surface area contributed by atoms with Crippen LogP contribution in [0.4, 0.5) is 4.39 Å². The largest absolute Gasteiger partial charge is 0.507 e. The van der Waals surface area contributed by atoms with Crippen LogP contribution in [0.2, 0.25) is 0 Å². The first-order valence-electron chi connectivity index (χ1n) is 4.66. The summed E-state index contributed by atoms with van der Waals surface area (Å²) in [5.41, 5.74) is -0.406. The predicted octanol–water partition coefficient (Wildman–Crippen LogP) is -0.0256. The normalized spacial score (nSPS) is 10.2. The van der Waals surface area contributed by atoms with E-state index < -0.39 is 23.0 Å². The van der Waals surface area contributed by atoms with Gasteiger partial charge in [-0.3, -0.25) is 4.79 Å². The molecule has 0 spiro atoms. The molecule has 1 aromatic carbocycles. The number of nitrogens with zero attached hydrogens (tertiary/aromatic N) is 3. The minimum absolute atomic E-state index is 0.0108. The van der Waals surface area contributed by atoms with Gasteiger partial charge in [-0.25, -0.2) is 4.39 Å². The minimum Gasteiger partial charge on any atom is -0.507 e. The van der Waals surface area contributed by atoms with Crippen molar-refractivity contribution in [1.29, 1.82) is 0 Å². The highest BCUT2D eigenvalue weighted by molar-refractivity contribution is 5.96. The number of carbonyl (C=O) groups is 1. The standard InChI is InChI=1S/C9H8FN5O2/c10-5-2-1-3-6(16)8(5)9(17)11-4-7-12-14-15-13-7/h1-3,16H,4H2,(H,11,17)(H,12,13,14,15). The summed E-state index contributed by atoms with van der Waals surface area (Å²) in [5, 5.41) is 24.5. The Morgan fingerprint density at radius 2 is 2.35 bits per heavy atom. The zero-order valence-corrected chi connectivity index (χ0v) is 8.51. The van der Waals surface area contributed by atoms with Gasteiger partial charge in [-0.2, -0.15) is 5.21 Å². The van der Waals surface area contributed by atoms with Crippen LogP contribution in [-0.4, -0.2) is 31.6 Å². The number of aromatic nitrogens is 4. The fourth-order valence-corrected chi connectivity index (χ4v) is 1.24. The Bertz CT molecular complexity index is 508. The van der Waals surface area contributed by atoms with Gasteiger partial charge in [0.25, 0.3) is 5.91 Å². The number of amides is 1. The van der Waals surface area contributed by atoms with Gasteiger partial charge in [0.15, 0.2) is 5.82 Å². The predicted molar refractivity (Wildman–Crippen MR) is 53.4 cm³/mol. The van der Waals surface area contributed by atoms with E-state index in [2.05, 4.69) is 25.9 Å². The molecule has 0 fully saturated rings. The minimum atomic E-state index is -0.796. The summed E-state index contributed by atoms with van der Waals surface area (Å²) in [4.78, 5) is 11.6. The number of phenolic OH excluding ortho intramolecular Hbond substituents is 1. The molecule has 0 saturated heterocycles. The number of tetrazole rings is 1. The maximum Gasteiger partial charge on any atom is 0.258 e. The van der Waals surface area contributed by atoms with Gasteiger partial charge in [0, 0.05) is 0 Å². The summed E-state index contributed by atoms with van der Waals surface area (Å²) in [7, 11) is 0. The second kappa shape index (κ2) is 4.56. The molecule has 0 saturated carbocycles. The Balaban J connectivity index is 2.10. The van der Waals surface area contributed by atoms with E-state index in [1.54, 1.807) is 0 Å². The molecular formula is C9H8FN5O2. The van der Waals surface area contributed by atoms with Crippen molar-refractivity contribution in [3.05, 3.63) is 35.4 Å². The number of phenols is 1. The average molecular weight is 237 g/mol. The molecule has 0 aliphatic carbocycles. The third kappa shape index (κ3) is 2.36. The van der Waals surface area contributed by atoms with Crippen molar-refractivity contribution in [2.45, 2.75) is 6.54 Å². The molecule has 0 atom stereocenters. The number of benzene rings is 1. The van der Waals surface area contributed by atoms with Crippen LogP contribution in [0.25, 0.3) is 0 Å². The van der Waals surface area contributed by atoms with E-state index in [1.165, 1.54) is 12.1 Å². The van der Waals surface area contributed by atoms with Crippen LogP contribution in [0.5, 0.6) is 5.75 Å². The summed E-state index contributed by atoms with van der Waals surface area (Å²) in [6.07, 6.45) is 0. The summed E-state index contributed by atoms with van der Waals surface area (Å²) < 4.78 is 13.3. The molecule has 0 aliphatic rings. The first kappa shape index (κ1) is 11.0. The lowest BCUT2D eigenvalue weighted by molar-refractivity contribution is 0.0943. The van der Waals surface area contributed by atoms with Gasteiger partial charge < -0.3 is 10.4 Å². The van der Waals surface area contributed by atoms with Crippen LogP contribution in [0.15, 0.2) is 18.2 Å². The molecule has 1 heterocycles. The summed E-state index contributed by atoms with van der Waals surface area (Å²) in [5.74, 6) is -1.70. The molecule has 3 N–H and O–H groups in total. The van der Waals surface area contributed by atoms with Crippen LogP contribution in [-0.2, 0) is 6.54 Å². The number of hydrogen-bond acceptors (Lipinski definition) is 5. The third-order valence-electron chi connectivity index (χ3n) is 2.01. The third-order valence-corrected chi connectivity index (χ3v) is 2.01. The van der Waals surface area contributed by atoms with Crippen LogP contribution >= 0.6 is 0 Å². The Morgan fingerprint density at radius 1 is 1.53 bits per heavy atom. The van der Waals surface area contributed by atoms with Gasteiger partial charge in [0.1, 0.15) is 17.1 Å². The fraction of sp³-hybridized carbons (Fsp3) is 0.111. The molecule has 0 aliphatic heterocycles. The van der Waals surface area contributed by atoms with Crippen LogP contribution in [0.1, 0.15) is 16.2 Å². The first-order valence-corrected chi connectivity index (χ1v) is 4.66. The van der Waals surface area contributed by atoms with E-state index in [9.17, 15) is 14.3 Å². The smallest absolute Gasteiger partial charge is 0.258 e. The molecule has 1 aromatic heterocycles. The zero-order chi connectivity index (χ0) is 12.3. The number of aromatic hydroxyl groups is 1. The van der Waals surface area contributed by atoms with Crippen molar-refractivity contribution in [2.75, 3.05) is 0 Å². The molecule has 88 valence electrons. The average Bonchev–Trinajstić information content (AvgIpc) is 2.79. The van der Waals surface area contributed by atoms with Crippen molar-refractivity contribution in [2.24, 2.45) is 0 Å². The number of rotatable bonds is 3. The Hall–Kier alpha value is -2.51. The van der Waals surface area contributed by atoms with Crippen molar-refractivity contribution in [3.8, 4) is 5.75 Å². The molecule has 1 amide bonds. The van der Waals surface area contributed by atoms with Gasteiger partial charge in [0.2, 0.25) is 0 Å². The van der Waals surface area contributed by atoms with E-state index in [0.29, 0.717) is 0 Å². The molecule has 17 heavy (non-hydrogen) atoms. The van der Waals surface area contributed by atoms with Gasteiger partial charge in [-0.15, -0.1) is 10.2 Å². The molecular weight excluding hydrogens is 229 g/mol. The Labute approximate surface area is 94.7 Å². The second-order valence-corrected chi connectivity index (χ2v) is 3.14. The molecule has 0 radical (unpaired) electrons. The van der Waals surface area contributed by atoms with Crippen molar-refractivity contribution >= 4 is 5.91 Å². The molecule has 0 unspecified atom stereocenters. The van der Waals surface area contributed by atoms with Crippen LogP contribution in [0, 0.1) is 5.82 Å². The van der Waals surface area contributed by atoms with Crippen molar-refractivity contribution in [1.82, 2.24) is 25.9 Å².